The SMILES string of the molecule is O=C1/C(=C\c2cccnc2)C(C(F)(F)F)=NN1c1ccccc1. The Hall–Kier alpha value is -2.96. The largest absolute Gasteiger partial charge is 0.435 e. The second kappa shape index (κ2) is 5.68. The predicted octanol–water partition coefficient (Wildman–Crippen LogP) is 3.43. The molecule has 7 heteroatoms. The van der Waals surface area contributed by atoms with Gasteiger partial charge in [-0.3, -0.25) is 9.78 Å². The summed E-state index contributed by atoms with van der Waals surface area (Å²) in [5, 5.41) is 4.23. The molecule has 23 heavy (non-hydrogen) atoms. The Labute approximate surface area is 129 Å². The molecule has 1 aromatic carbocycles. The van der Waals surface area contributed by atoms with Crippen molar-refractivity contribution in [3.05, 3.63) is 66.0 Å². The normalized spacial score (nSPS) is 16.8. The summed E-state index contributed by atoms with van der Waals surface area (Å²) in [6, 6.07) is 11.1. The summed E-state index contributed by atoms with van der Waals surface area (Å²) < 4.78 is 39.6. The Kier molecular flexibility index (Phi) is 3.69. The first-order valence-corrected chi connectivity index (χ1v) is 6.64. The zero-order valence-electron chi connectivity index (χ0n) is 11.7. The summed E-state index contributed by atoms with van der Waals surface area (Å²) >= 11 is 0. The average molecular weight is 317 g/mol. The van der Waals surface area contributed by atoms with E-state index in [4.69, 9.17) is 0 Å². The lowest BCUT2D eigenvalue weighted by molar-refractivity contribution is -0.114. The highest BCUT2D eigenvalue weighted by Gasteiger charge is 2.46. The standard InChI is InChI=1S/C16H10F3N3O/c17-16(18,19)14-13(9-11-5-4-8-20-10-11)15(23)22(21-14)12-6-2-1-3-7-12/h1-10H/b13-9-. The molecule has 0 fully saturated rings. The Bertz CT molecular complexity index is 783. The van der Waals surface area contributed by atoms with Gasteiger partial charge in [-0.2, -0.15) is 23.3 Å². The molecule has 3 rings (SSSR count). The van der Waals surface area contributed by atoms with E-state index in [1.807, 2.05) is 0 Å². The van der Waals surface area contributed by atoms with Gasteiger partial charge in [0.2, 0.25) is 0 Å². The molecule has 2 aromatic rings. The molecule has 0 aliphatic carbocycles. The van der Waals surface area contributed by atoms with Crippen molar-refractivity contribution in [3.63, 3.8) is 0 Å². The third-order valence-corrected chi connectivity index (χ3v) is 3.14. The van der Waals surface area contributed by atoms with Crippen LogP contribution in [-0.4, -0.2) is 22.8 Å². The number of para-hydroxylation sites is 1. The number of nitrogens with zero attached hydrogens (tertiary/aromatic N) is 3. The molecule has 0 saturated heterocycles. The smallest absolute Gasteiger partial charge is 0.267 e. The second-order valence-corrected chi connectivity index (χ2v) is 4.74. The van der Waals surface area contributed by atoms with E-state index in [9.17, 15) is 18.0 Å². The number of alkyl halides is 3. The first kappa shape index (κ1) is 15.0. The number of rotatable bonds is 2. The van der Waals surface area contributed by atoms with E-state index >= 15 is 0 Å². The quantitative estimate of drug-likeness (QED) is 0.797. The van der Waals surface area contributed by atoms with Gasteiger partial charge >= 0.3 is 6.18 Å². The van der Waals surface area contributed by atoms with E-state index in [0.717, 1.165) is 11.1 Å². The van der Waals surface area contributed by atoms with Crippen molar-refractivity contribution in [2.45, 2.75) is 6.18 Å². The van der Waals surface area contributed by atoms with Crippen LogP contribution >= 0.6 is 0 Å². The number of anilines is 1. The Morgan fingerprint density at radius 1 is 1.04 bits per heavy atom. The molecule has 2 heterocycles. The maximum Gasteiger partial charge on any atom is 0.435 e. The van der Waals surface area contributed by atoms with Gasteiger partial charge in [0.25, 0.3) is 5.91 Å². The fourth-order valence-electron chi connectivity index (χ4n) is 2.13. The Morgan fingerprint density at radius 3 is 2.39 bits per heavy atom. The van der Waals surface area contributed by atoms with E-state index < -0.39 is 23.4 Å². The molecule has 0 radical (unpaired) electrons. The van der Waals surface area contributed by atoms with Crippen molar-refractivity contribution in [2.24, 2.45) is 5.10 Å². The maximum absolute atomic E-state index is 13.2. The second-order valence-electron chi connectivity index (χ2n) is 4.74. The summed E-state index contributed by atoms with van der Waals surface area (Å²) in [7, 11) is 0. The molecule has 1 aromatic heterocycles. The lowest BCUT2D eigenvalue weighted by atomic mass is 10.1. The van der Waals surface area contributed by atoms with Gasteiger partial charge in [-0.1, -0.05) is 24.3 Å². The Morgan fingerprint density at radius 2 is 1.78 bits per heavy atom. The maximum atomic E-state index is 13.2. The fraction of sp³-hybridized carbons (Fsp3) is 0.0625. The molecule has 4 nitrogen and oxygen atoms in total. The van der Waals surface area contributed by atoms with Gasteiger partial charge in [0.15, 0.2) is 5.71 Å². The van der Waals surface area contributed by atoms with E-state index in [1.54, 1.807) is 30.3 Å². The third-order valence-electron chi connectivity index (χ3n) is 3.14. The lowest BCUT2D eigenvalue weighted by Gasteiger charge is -2.10. The highest BCUT2D eigenvalue weighted by molar-refractivity contribution is 6.34. The minimum Gasteiger partial charge on any atom is -0.267 e. The van der Waals surface area contributed by atoms with Gasteiger partial charge < -0.3 is 0 Å². The van der Waals surface area contributed by atoms with Crippen LogP contribution in [0, 0.1) is 0 Å². The van der Waals surface area contributed by atoms with Gasteiger partial charge in [0.1, 0.15) is 0 Å². The van der Waals surface area contributed by atoms with Crippen molar-refractivity contribution < 1.29 is 18.0 Å². The molecule has 1 aliphatic rings. The predicted molar refractivity (Wildman–Crippen MR) is 79.6 cm³/mol. The molecule has 1 amide bonds. The number of halogens is 3. The number of hydrogen-bond acceptors (Lipinski definition) is 3. The van der Waals surface area contributed by atoms with Crippen molar-refractivity contribution in [3.8, 4) is 0 Å². The topological polar surface area (TPSA) is 45.6 Å². The minimum atomic E-state index is -4.73. The molecule has 0 N–H and O–H groups in total. The molecular formula is C16H10F3N3O. The zero-order chi connectivity index (χ0) is 16.4. The number of hydrogen-bond donors (Lipinski definition) is 0. The van der Waals surface area contributed by atoms with Crippen LogP contribution in [0.5, 0.6) is 0 Å². The van der Waals surface area contributed by atoms with Crippen LogP contribution in [0.25, 0.3) is 6.08 Å². The number of benzene rings is 1. The lowest BCUT2D eigenvalue weighted by Crippen LogP contribution is -2.25. The number of pyridine rings is 1. The molecular weight excluding hydrogens is 307 g/mol. The van der Waals surface area contributed by atoms with Crippen molar-refractivity contribution in [1.82, 2.24) is 4.98 Å². The van der Waals surface area contributed by atoms with Crippen LogP contribution in [0.4, 0.5) is 18.9 Å². The minimum absolute atomic E-state index is 0.272. The molecule has 116 valence electrons. The van der Waals surface area contributed by atoms with E-state index in [-0.39, 0.29) is 5.69 Å². The van der Waals surface area contributed by atoms with Crippen molar-refractivity contribution in [1.29, 1.82) is 0 Å². The number of aromatic nitrogens is 1. The van der Waals surface area contributed by atoms with E-state index in [0.29, 0.717) is 5.56 Å². The number of carbonyl (C=O) groups is 1. The summed E-state index contributed by atoms with van der Waals surface area (Å²) in [4.78, 5) is 16.2. The number of amides is 1. The number of carbonyl (C=O) groups excluding carboxylic acids is 1. The van der Waals surface area contributed by atoms with Gasteiger partial charge in [-0.15, -0.1) is 0 Å². The van der Waals surface area contributed by atoms with E-state index in [1.165, 1.54) is 24.5 Å². The van der Waals surface area contributed by atoms with Crippen molar-refractivity contribution >= 4 is 23.4 Å². The zero-order valence-corrected chi connectivity index (χ0v) is 11.7. The first-order valence-electron chi connectivity index (χ1n) is 6.64. The van der Waals surface area contributed by atoms with Gasteiger partial charge in [-0.25, -0.2) is 0 Å². The Balaban J connectivity index is 2.08. The highest BCUT2D eigenvalue weighted by Crippen LogP contribution is 2.32. The average Bonchev–Trinajstić information content (AvgIpc) is 2.86. The van der Waals surface area contributed by atoms with Gasteiger partial charge in [0, 0.05) is 12.4 Å². The van der Waals surface area contributed by atoms with Crippen LogP contribution in [-0.2, 0) is 4.79 Å². The van der Waals surface area contributed by atoms with Crippen LogP contribution in [0.1, 0.15) is 5.56 Å². The summed E-state index contributed by atoms with van der Waals surface area (Å²) in [6.45, 7) is 0. The third kappa shape index (κ3) is 2.98. The van der Waals surface area contributed by atoms with Gasteiger partial charge in [0.05, 0.1) is 11.3 Å². The van der Waals surface area contributed by atoms with Gasteiger partial charge in [-0.05, 0) is 29.8 Å². The molecule has 0 atom stereocenters. The van der Waals surface area contributed by atoms with Crippen LogP contribution in [0.3, 0.4) is 0 Å². The van der Waals surface area contributed by atoms with Crippen molar-refractivity contribution in [2.75, 3.05) is 5.01 Å². The van der Waals surface area contributed by atoms with E-state index in [2.05, 4.69) is 10.1 Å². The van der Waals surface area contributed by atoms with Crippen LogP contribution in [0.15, 0.2) is 65.5 Å². The molecule has 1 aliphatic heterocycles. The highest BCUT2D eigenvalue weighted by atomic mass is 19.4. The molecule has 0 bridgehead atoms. The number of hydrazone groups is 1. The summed E-state index contributed by atoms with van der Waals surface area (Å²) in [5.74, 6) is -0.827. The monoisotopic (exact) mass is 317 g/mol. The van der Waals surface area contributed by atoms with Crippen LogP contribution in [0.2, 0.25) is 0 Å². The molecule has 0 unspecified atom stereocenters. The first-order chi connectivity index (χ1) is 11.0. The summed E-state index contributed by atoms with van der Waals surface area (Å²) in [6.07, 6.45) is -0.717. The summed E-state index contributed by atoms with van der Waals surface area (Å²) in [5.41, 5.74) is -1.05. The van der Waals surface area contributed by atoms with Crippen LogP contribution < -0.4 is 5.01 Å². The molecule has 0 spiro atoms. The molecule has 0 saturated carbocycles. The fourth-order valence-corrected chi connectivity index (χ4v) is 2.13.